The van der Waals surface area contributed by atoms with E-state index in [0.29, 0.717) is 0 Å². The van der Waals surface area contributed by atoms with Crippen LogP contribution < -0.4 is 10.2 Å². The summed E-state index contributed by atoms with van der Waals surface area (Å²) in [5, 5.41) is 36.6. The summed E-state index contributed by atoms with van der Waals surface area (Å²) in [6.07, 6.45) is -0.0393. The van der Waals surface area contributed by atoms with Gasteiger partial charge in [-0.25, -0.2) is 0 Å². The van der Waals surface area contributed by atoms with Crippen LogP contribution in [0.2, 0.25) is 0 Å². The molecule has 0 saturated carbocycles. The Hall–Kier alpha value is -3.76. The average molecular weight is 403 g/mol. The normalized spacial score (nSPS) is 10.4. The van der Waals surface area contributed by atoms with Gasteiger partial charge in [-0.2, -0.15) is 0 Å². The standard InChI is InChI=1S/C18H21N5O6/c1-3-20(4-2)14-7-5-13(6-8-14)19-10-9-16-17(22(26)27)11-15(21(24)25)12-18(16)23(28)29/h5-8,11-12,19H,3-4,9-10H2,1-2H3. The quantitative estimate of drug-likeness (QED) is 0.464. The van der Waals surface area contributed by atoms with Gasteiger partial charge in [0.1, 0.15) is 5.56 Å². The van der Waals surface area contributed by atoms with Gasteiger partial charge in [0.05, 0.1) is 26.9 Å². The number of nitro benzene ring substituents is 3. The van der Waals surface area contributed by atoms with E-state index in [0.717, 1.165) is 36.6 Å². The van der Waals surface area contributed by atoms with Crippen LogP contribution in [0, 0.1) is 30.3 Å². The monoisotopic (exact) mass is 403 g/mol. The molecule has 0 spiro atoms. The van der Waals surface area contributed by atoms with E-state index >= 15 is 0 Å². The zero-order chi connectivity index (χ0) is 21.6. The highest BCUT2D eigenvalue weighted by Crippen LogP contribution is 2.34. The van der Waals surface area contributed by atoms with Crippen molar-refractivity contribution in [2.24, 2.45) is 0 Å². The lowest BCUT2D eigenvalue weighted by molar-refractivity contribution is -0.404. The highest BCUT2D eigenvalue weighted by Gasteiger charge is 2.29. The van der Waals surface area contributed by atoms with Gasteiger partial charge in [-0.05, 0) is 38.1 Å². The smallest absolute Gasteiger partial charge is 0.286 e. The number of non-ortho nitro benzene ring substituents is 1. The zero-order valence-corrected chi connectivity index (χ0v) is 16.0. The fraction of sp³-hybridized carbons (Fsp3) is 0.333. The third-order valence-electron chi connectivity index (χ3n) is 4.49. The van der Waals surface area contributed by atoms with Crippen molar-refractivity contribution in [2.75, 3.05) is 29.9 Å². The summed E-state index contributed by atoms with van der Waals surface area (Å²) in [6, 6.07) is 9.08. The van der Waals surface area contributed by atoms with E-state index < -0.39 is 31.8 Å². The first-order chi connectivity index (χ1) is 13.8. The Labute approximate surface area is 166 Å². The molecule has 0 bridgehead atoms. The van der Waals surface area contributed by atoms with E-state index in [4.69, 9.17) is 0 Å². The van der Waals surface area contributed by atoms with Crippen LogP contribution >= 0.6 is 0 Å². The van der Waals surface area contributed by atoms with Crippen LogP contribution in [0.4, 0.5) is 28.4 Å². The van der Waals surface area contributed by atoms with Gasteiger partial charge in [0.15, 0.2) is 0 Å². The predicted molar refractivity (Wildman–Crippen MR) is 109 cm³/mol. The number of nitro groups is 3. The molecule has 0 aliphatic rings. The zero-order valence-electron chi connectivity index (χ0n) is 16.0. The molecule has 0 aliphatic heterocycles. The minimum atomic E-state index is -0.889. The van der Waals surface area contributed by atoms with Crippen LogP contribution in [0.15, 0.2) is 36.4 Å². The lowest BCUT2D eigenvalue weighted by Gasteiger charge is -2.21. The Bertz CT molecular complexity index is 876. The van der Waals surface area contributed by atoms with Gasteiger partial charge in [-0.3, -0.25) is 30.3 Å². The second-order valence-electron chi connectivity index (χ2n) is 6.13. The average Bonchev–Trinajstić information content (AvgIpc) is 2.69. The fourth-order valence-electron chi connectivity index (χ4n) is 3.03. The first kappa shape index (κ1) is 21.5. The maximum Gasteiger partial charge on any atom is 0.286 e. The molecule has 2 aromatic rings. The summed E-state index contributed by atoms with van der Waals surface area (Å²) in [5.41, 5.74) is -0.297. The summed E-state index contributed by atoms with van der Waals surface area (Å²) < 4.78 is 0. The number of benzene rings is 2. The third-order valence-corrected chi connectivity index (χ3v) is 4.49. The van der Waals surface area contributed by atoms with Crippen molar-refractivity contribution in [2.45, 2.75) is 20.3 Å². The molecule has 0 aromatic heterocycles. The van der Waals surface area contributed by atoms with E-state index in [9.17, 15) is 30.3 Å². The lowest BCUT2D eigenvalue weighted by atomic mass is 10.1. The van der Waals surface area contributed by atoms with Gasteiger partial charge in [0, 0.05) is 37.4 Å². The van der Waals surface area contributed by atoms with Crippen LogP contribution in [0.1, 0.15) is 19.4 Å². The maximum atomic E-state index is 11.3. The molecule has 29 heavy (non-hydrogen) atoms. The summed E-state index contributed by atoms with van der Waals surface area (Å²) in [5.74, 6) is 0. The largest absolute Gasteiger partial charge is 0.385 e. The molecule has 0 atom stereocenters. The fourth-order valence-corrected chi connectivity index (χ4v) is 3.03. The summed E-state index contributed by atoms with van der Waals surface area (Å²) in [4.78, 5) is 33.1. The minimum Gasteiger partial charge on any atom is -0.385 e. The molecule has 11 heteroatoms. The Morgan fingerprint density at radius 1 is 0.862 bits per heavy atom. The van der Waals surface area contributed by atoms with E-state index in [1.807, 2.05) is 24.3 Å². The van der Waals surface area contributed by atoms with Crippen LogP contribution in [-0.2, 0) is 6.42 Å². The Morgan fingerprint density at radius 3 is 1.79 bits per heavy atom. The molecule has 0 unspecified atom stereocenters. The molecule has 0 heterocycles. The number of anilines is 2. The summed E-state index contributed by atoms with van der Waals surface area (Å²) in [6.45, 7) is 6.04. The predicted octanol–water partition coefficient (Wildman–Crippen LogP) is 3.91. The molecule has 0 radical (unpaired) electrons. The highest BCUT2D eigenvalue weighted by molar-refractivity contribution is 5.61. The molecule has 0 amide bonds. The van der Waals surface area contributed by atoms with Gasteiger partial charge in [0.2, 0.25) is 0 Å². The molecule has 2 rings (SSSR count). The SMILES string of the molecule is CCN(CC)c1ccc(NCCc2c([N+](=O)[O-])cc([N+](=O)[O-])cc2[N+](=O)[O-])cc1. The second-order valence-corrected chi connectivity index (χ2v) is 6.13. The molecule has 2 aromatic carbocycles. The van der Waals surface area contributed by atoms with Crippen LogP contribution in [0.3, 0.4) is 0 Å². The number of hydrogen-bond donors (Lipinski definition) is 1. The van der Waals surface area contributed by atoms with Crippen LogP contribution in [-0.4, -0.2) is 34.4 Å². The third kappa shape index (κ3) is 5.15. The van der Waals surface area contributed by atoms with E-state index in [2.05, 4.69) is 24.1 Å². The molecule has 154 valence electrons. The molecule has 0 aliphatic carbocycles. The van der Waals surface area contributed by atoms with Crippen molar-refractivity contribution in [1.29, 1.82) is 0 Å². The first-order valence-electron chi connectivity index (χ1n) is 8.97. The summed E-state index contributed by atoms with van der Waals surface area (Å²) >= 11 is 0. The van der Waals surface area contributed by atoms with Crippen molar-refractivity contribution in [1.82, 2.24) is 0 Å². The maximum absolute atomic E-state index is 11.3. The number of nitrogens with zero attached hydrogens (tertiary/aromatic N) is 4. The van der Waals surface area contributed by atoms with Crippen molar-refractivity contribution in [3.63, 3.8) is 0 Å². The van der Waals surface area contributed by atoms with Gasteiger partial charge < -0.3 is 10.2 Å². The lowest BCUT2D eigenvalue weighted by Crippen LogP contribution is -2.21. The van der Waals surface area contributed by atoms with Crippen LogP contribution in [0.5, 0.6) is 0 Å². The molecule has 1 N–H and O–H groups in total. The van der Waals surface area contributed by atoms with E-state index in [1.165, 1.54) is 0 Å². The molecular formula is C18H21N5O6. The number of rotatable bonds is 10. The van der Waals surface area contributed by atoms with Crippen LogP contribution in [0.25, 0.3) is 0 Å². The molecule has 11 nitrogen and oxygen atoms in total. The van der Waals surface area contributed by atoms with E-state index in [-0.39, 0.29) is 18.5 Å². The van der Waals surface area contributed by atoms with Crippen molar-refractivity contribution >= 4 is 28.4 Å². The number of nitrogens with one attached hydrogen (secondary N) is 1. The van der Waals surface area contributed by atoms with Gasteiger partial charge in [0.25, 0.3) is 17.1 Å². The summed E-state index contributed by atoms with van der Waals surface area (Å²) in [7, 11) is 0. The van der Waals surface area contributed by atoms with Gasteiger partial charge >= 0.3 is 0 Å². The van der Waals surface area contributed by atoms with Crippen molar-refractivity contribution < 1.29 is 14.8 Å². The van der Waals surface area contributed by atoms with Gasteiger partial charge in [-0.15, -0.1) is 0 Å². The molecule has 0 fully saturated rings. The van der Waals surface area contributed by atoms with Crippen molar-refractivity contribution in [3.05, 3.63) is 72.3 Å². The van der Waals surface area contributed by atoms with Crippen molar-refractivity contribution in [3.8, 4) is 0 Å². The Balaban J connectivity index is 2.20. The Kier molecular flexibility index (Phi) is 7.01. The first-order valence-corrected chi connectivity index (χ1v) is 8.97. The van der Waals surface area contributed by atoms with Gasteiger partial charge in [-0.1, -0.05) is 0 Å². The molecule has 0 saturated heterocycles. The molecular weight excluding hydrogens is 382 g/mol. The number of hydrogen-bond acceptors (Lipinski definition) is 8. The second kappa shape index (κ2) is 9.44. The Morgan fingerprint density at radius 2 is 1.38 bits per heavy atom. The topological polar surface area (TPSA) is 145 Å². The minimum absolute atomic E-state index is 0.0393. The highest BCUT2D eigenvalue weighted by atomic mass is 16.6. The van der Waals surface area contributed by atoms with E-state index in [1.54, 1.807) is 0 Å².